The number of nitrogens with zero attached hydrogens (tertiary/aromatic N) is 3. The molecule has 1 aliphatic rings. The summed E-state index contributed by atoms with van der Waals surface area (Å²) in [6.07, 6.45) is 0.563. The van der Waals surface area contributed by atoms with E-state index in [-0.39, 0.29) is 17.0 Å². The van der Waals surface area contributed by atoms with Crippen LogP contribution in [0.25, 0.3) is 0 Å². The van der Waals surface area contributed by atoms with Gasteiger partial charge in [0.15, 0.2) is 5.75 Å². The van der Waals surface area contributed by atoms with Crippen molar-refractivity contribution in [2.75, 3.05) is 6.54 Å². The first-order valence-corrected chi connectivity index (χ1v) is 7.22. The molecule has 0 atom stereocenters. The number of nitrogens with one attached hydrogen (secondary N) is 1. The van der Waals surface area contributed by atoms with Crippen molar-refractivity contribution in [3.8, 4) is 5.75 Å². The van der Waals surface area contributed by atoms with Crippen molar-refractivity contribution in [1.82, 2.24) is 14.9 Å². The molecule has 0 aliphatic carbocycles. The average molecular weight is 316 g/mol. The largest absolute Gasteiger partial charge is 0.502 e. The lowest BCUT2D eigenvalue weighted by atomic mass is 10.0. The van der Waals surface area contributed by atoms with E-state index in [9.17, 15) is 20.0 Å². The maximum Gasteiger partial charge on any atom is 0.311 e. The number of benzene rings is 1. The molecular weight excluding hydrogens is 300 g/mol. The van der Waals surface area contributed by atoms with E-state index in [0.717, 1.165) is 5.69 Å². The summed E-state index contributed by atoms with van der Waals surface area (Å²) < 4.78 is 0. The number of rotatable bonds is 3. The summed E-state index contributed by atoms with van der Waals surface area (Å²) in [5.41, 5.74) is 1.50. The number of nitro groups is 1. The zero-order chi connectivity index (χ0) is 16.6. The molecular formula is C15H16N4O4. The molecule has 0 spiro atoms. The van der Waals surface area contributed by atoms with Gasteiger partial charge < -0.3 is 10.1 Å². The van der Waals surface area contributed by atoms with E-state index in [1.54, 1.807) is 19.1 Å². The molecule has 23 heavy (non-hydrogen) atoms. The highest BCUT2D eigenvalue weighted by Gasteiger charge is 2.23. The molecule has 0 unspecified atom stereocenters. The van der Waals surface area contributed by atoms with Gasteiger partial charge >= 0.3 is 5.69 Å². The van der Waals surface area contributed by atoms with Gasteiger partial charge in [0.05, 0.1) is 10.6 Å². The van der Waals surface area contributed by atoms with Gasteiger partial charge in [-0.25, -0.2) is 4.98 Å². The predicted octanol–water partition coefficient (Wildman–Crippen LogP) is 1.25. The van der Waals surface area contributed by atoms with Crippen molar-refractivity contribution >= 4 is 5.69 Å². The Morgan fingerprint density at radius 2 is 2.26 bits per heavy atom. The lowest BCUT2D eigenvalue weighted by Crippen LogP contribution is -2.35. The third kappa shape index (κ3) is 2.93. The number of aromatic hydroxyl groups is 1. The van der Waals surface area contributed by atoms with Crippen LogP contribution in [0.1, 0.15) is 22.6 Å². The molecule has 0 saturated carbocycles. The molecule has 1 aliphatic heterocycles. The number of aryl methyl sites for hydroxylation is 1. The van der Waals surface area contributed by atoms with Gasteiger partial charge in [-0.05, 0) is 13.3 Å². The lowest BCUT2D eigenvalue weighted by Gasteiger charge is -2.27. The minimum absolute atomic E-state index is 0.106. The summed E-state index contributed by atoms with van der Waals surface area (Å²) in [5.74, 6) is 0.257. The third-order valence-corrected chi connectivity index (χ3v) is 3.96. The standard InChI is InChI=1S/C15H16N4O4/c1-9-16-12-8-18(6-5-11(12)15(21)17-9)7-10-3-2-4-13(14(10)20)19(22)23/h2-4,20H,5-8H2,1H3,(H,16,17,21). The van der Waals surface area contributed by atoms with Gasteiger partial charge in [-0.1, -0.05) is 12.1 Å². The molecule has 2 heterocycles. The number of hydrogen-bond acceptors (Lipinski definition) is 6. The van der Waals surface area contributed by atoms with E-state index in [1.165, 1.54) is 6.07 Å². The Kier molecular flexibility index (Phi) is 3.83. The fourth-order valence-corrected chi connectivity index (χ4v) is 2.85. The van der Waals surface area contributed by atoms with Gasteiger partial charge in [-0.2, -0.15) is 0 Å². The van der Waals surface area contributed by atoms with Crippen LogP contribution >= 0.6 is 0 Å². The van der Waals surface area contributed by atoms with Crippen LogP contribution in [-0.2, 0) is 19.5 Å². The molecule has 3 rings (SSSR count). The third-order valence-electron chi connectivity index (χ3n) is 3.96. The normalized spacial score (nSPS) is 14.5. The average Bonchev–Trinajstić information content (AvgIpc) is 2.48. The van der Waals surface area contributed by atoms with Gasteiger partial charge in [0, 0.05) is 36.8 Å². The zero-order valence-corrected chi connectivity index (χ0v) is 12.6. The second-order valence-electron chi connectivity index (χ2n) is 5.58. The van der Waals surface area contributed by atoms with Crippen molar-refractivity contribution < 1.29 is 10.0 Å². The molecule has 1 aromatic heterocycles. The zero-order valence-electron chi connectivity index (χ0n) is 12.6. The number of fused-ring (bicyclic) bond motifs is 1. The van der Waals surface area contributed by atoms with Crippen LogP contribution < -0.4 is 5.56 Å². The highest BCUT2D eigenvalue weighted by atomic mass is 16.6. The monoisotopic (exact) mass is 316 g/mol. The molecule has 8 nitrogen and oxygen atoms in total. The van der Waals surface area contributed by atoms with Crippen LogP contribution in [0.3, 0.4) is 0 Å². The SMILES string of the molecule is Cc1nc2c(c(=O)[nH]1)CCN(Cc1cccc([N+](=O)[O-])c1O)C2. The molecule has 2 aromatic rings. The predicted molar refractivity (Wildman–Crippen MR) is 82.2 cm³/mol. The van der Waals surface area contributed by atoms with Crippen molar-refractivity contribution in [3.05, 3.63) is 61.3 Å². The van der Waals surface area contributed by atoms with Crippen LogP contribution in [0.5, 0.6) is 5.75 Å². The summed E-state index contributed by atoms with van der Waals surface area (Å²) in [6.45, 7) is 3.19. The van der Waals surface area contributed by atoms with E-state index < -0.39 is 4.92 Å². The van der Waals surface area contributed by atoms with Gasteiger partial charge in [-0.15, -0.1) is 0 Å². The fraction of sp³-hybridized carbons (Fsp3) is 0.333. The molecule has 8 heteroatoms. The number of H-pyrrole nitrogens is 1. The van der Waals surface area contributed by atoms with Crippen LogP contribution in [0.15, 0.2) is 23.0 Å². The Morgan fingerprint density at radius 3 is 3.00 bits per heavy atom. The lowest BCUT2D eigenvalue weighted by molar-refractivity contribution is -0.385. The fourth-order valence-electron chi connectivity index (χ4n) is 2.85. The highest BCUT2D eigenvalue weighted by molar-refractivity contribution is 5.50. The number of hydrogen-bond donors (Lipinski definition) is 2. The Labute approximate surface area is 131 Å². The summed E-state index contributed by atoms with van der Waals surface area (Å²) in [4.78, 5) is 31.2. The molecule has 0 radical (unpaired) electrons. The number of phenolic OH excluding ortho intramolecular Hbond substituents is 1. The topological polar surface area (TPSA) is 112 Å². The Balaban J connectivity index is 1.84. The summed E-state index contributed by atoms with van der Waals surface area (Å²) >= 11 is 0. The van der Waals surface area contributed by atoms with Crippen LogP contribution in [0.4, 0.5) is 5.69 Å². The quantitative estimate of drug-likeness (QED) is 0.651. The van der Waals surface area contributed by atoms with E-state index in [0.29, 0.717) is 43.0 Å². The minimum atomic E-state index is -0.602. The van der Waals surface area contributed by atoms with Gasteiger partial charge in [0.1, 0.15) is 5.82 Å². The van der Waals surface area contributed by atoms with Gasteiger partial charge in [0.25, 0.3) is 5.56 Å². The van der Waals surface area contributed by atoms with Crippen molar-refractivity contribution in [1.29, 1.82) is 0 Å². The van der Waals surface area contributed by atoms with Crippen LogP contribution in [-0.4, -0.2) is 31.4 Å². The van der Waals surface area contributed by atoms with Crippen LogP contribution in [0, 0.1) is 17.0 Å². The number of phenols is 1. The molecule has 0 bridgehead atoms. The number of aromatic amines is 1. The highest BCUT2D eigenvalue weighted by Crippen LogP contribution is 2.30. The van der Waals surface area contributed by atoms with Gasteiger partial charge in [0.2, 0.25) is 0 Å². The second kappa shape index (κ2) is 5.81. The Hall–Kier alpha value is -2.74. The smallest absolute Gasteiger partial charge is 0.311 e. The number of nitro benzene ring substituents is 1. The first-order chi connectivity index (χ1) is 11.0. The summed E-state index contributed by atoms with van der Waals surface area (Å²) in [7, 11) is 0. The maximum absolute atomic E-state index is 11.9. The Bertz CT molecular complexity index is 831. The molecule has 0 amide bonds. The van der Waals surface area contributed by atoms with E-state index in [4.69, 9.17) is 0 Å². The van der Waals surface area contributed by atoms with Crippen LogP contribution in [0.2, 0.25) is 0 Å². The second-order valence-corrected chi connectivity index (χ2v) is 5.58. The van der Waals surface area contributed by atoms with E-state index >= 15 is 0 Å². The number of aromatic nitrogens is 2. The first-order valence-electron chi connectivity index (χ1n) is 7.22. The van der Waals surface area contributed by atoms with Crippen molar-refractivity contribution in [2.24, 2.45) is 0 Å². The van der Waals surface area contributed by atoms with E-state index in [1.807, 2.05) is 4.90 Å². The summed E-state index contributed by atoms with van der Waals surface area (Å²) in [6, 6.07) is 4.49. The molecule has 0 saturated heterocycles. The molecule has 120 valence electrons. The maximum atomic E-state index is 11.9. The van der Waals surface area contributed by atoms with Crippen molar-refractivity contribution in [3.63, 3.8) is 0 Å². The summed E-state index contributed by atoms with van der Waals surface area (Å²) in [5, 5.41) is 20.9. The molecule has 2 N–H and O–H groups in total. The Morgan fingerprint density at radius 1 is 1.48 bits per heavy atom. The molecule has 0 fully saturated rings. The first kappa shape index (κ1) is 15.2. The van der Waals surface area contributed by atoms with Gasteiger partial charge in [-0.3, -0.25) is 19.8 Å². The minimum Gasteiger partial charge on any atom is -0.502 e. The van der Waals surface area contributed by atoms with Crippen molar-refractivity contribution in [2.45, 2.75) is 26.4 Å². The van der Waals surface area contributed by atoms with E-state index in [2.05, 4.69) is 9.97 Å². The number of para-hydroxylation sites is 1. The molecule has 1 aromatic carbocycles.